The molecule has 2 aliphatic rings. The van der Waals surface area contributed by atoms with Crippen molar-refractivity contribution in [3.05, 3.63) is 0 Å². The van der Waals surface area contributed by atoms with Gasteiger partial charge in [0.05, 0.1) is 4.83 Å². The second-order valence-electron chi connectivity index (χ2n) is 4.53. The number of rotatable bonds is 4. The number of halogens is 1. The summed E-state index contributed by atoms with van der Waals surface area (Å²) in [7, 11) is 0. The van der Waals surface area contributed by atoms with Crippen molar-refractivity contribution in [1.82, 2.24) is 10.2 Å². The summed E-state index contributed by atoms with van der Waals surface area (Å²) < 4.78 is 0. The Bertz CT molecular complexity index is 292. The summed E-state index contributed by atoms with van der Waals surface area (Å²) in [5, 5.41) is 2.93. The SMILES string of the molecule is O=C(CCN1CCCC(Br)C1=O)NC1CC1. The van der Waals surface area contributed by atoms with E-state index in [1.165, 1.54) is 0 Å². The van der Waals surface area contributed by atoms with E-state index in [1.807, 2.05) is 0 Å². The molecule has 2 rings (SSSR count). The number of hydrogen-bond acceptors (Lipinski definition) is 2. The summed E-state index contributed by atoms with van der Waals surface area (Å²) in [5.74, 6) is 0.206. The van der Waals surface area contributed by atoms with Gasteiger partial charge in [-0.15, -0.1) is 0 Å². The van der Waals surface area contributed by atoms with Gasteiger partial charge in [0, 0.05) is 25.6 Å². The van der Waals surface area contributed by atoms with E-state index in [2.05, 4.69) is 21.2 Å². The first-order valence-electron chi connectivity index (χ1n) is 5.89. The Morgan fingerprint density at radius 2 is 2.19 bits per heavy atom. The van der Waals surface area contributed by atoms with Crippen LogP contribution in [0.2, 0.25) is 0 Å². The van der Waals surface area contributed by atoms with Crippen LogP contribution in [0.3, 0.4) is 0 Å². The van der Waals surface area contributed by atoms with Crippen LogP contribution < -0.4 is 5.32 Å². The zero-order valence-corrected chi connectivity index (χ0v) is 10.8. The van der Waals surface area contributed by atoms with Crippen LogP contribution in [0.25, 0.3) is 0 Å². The molecule has 1 unspecified atom stereocenters. The smallest absolute Gasteiger partial charge is 0.236 e. The fourth-order valence-electron chi connectivity index (χ4n) is 1.88. The minimum Gasteiger partial charge on any atom is -0.353 e. The maximum absolute atomic E-state index is 11.7. The van der Waals surface area contributed by atoms with Crippen LogP contribution in [-0.2, 0) is 9.59 Å². The minimum absolute atomic E-state index is 0.0484. The monoisotopic (exact) mass is 288 g/mol. The lowest BCUT2D eigenvalue weighted by Gasteiger charge is -2.29. The molecule has 1 N–H and O–H groups in total. The third-order valence-electron chi connectivity index (χ3n) is 3.02. The molecule has 1 atom stereocenters. The normalized spacial score (nSPS) is 25.7. The standard InChI is InChI=1S/C11H17BrN2O2/c12-9-2-1-6-14(11(9)16)7-5-10(15)13-8-3-4-8/h8-9H,1-7H2,(H,13,15). The van der Waals surface area contributed by atoms with Gasteiger partial charge in [-0.05, 0) is 25.7 Å². The van der Waals surface area contributed by atoms with Gasteiger partial charge in [-0.2, -0.15) is 0 Å². The van der Waals surface area contributed by atoms with Gasteiger partial charge >= 0.3 is 0 Å². The molecule has 2 fully saturated rings. The van der Waals surface area contributed by atoms with Crippen LogP contribution in [-0.4, -0.2) is 40.7 Å². The summed E-state index contributed by atoms with van der Waals surface area (Å²) in [6.07, 6.45) is 4.58. The quantitative estimate of drug-likeness (QED) is 0.786. The molecule has 1 heterocycles. The van der Waals surface area contributed by atoms with Crippen molar-refractivity contribution < 1.29 is 9.59 Å². The van der Waals surface area contributed by atoms with Gasteiger partial charge in [0.15, 0.2) is 0 Å². The summed E-state index contributed by atoms with van der Waals surface area (Å²) in [4.78, 5) is 24.9. The van der Waals surface area contributed by atoms with Gasteiger partial charge in [-0.3, -0.25) is 9.59 Å². The number of piperidine rings is 1. The number of nitrogens with zero attached hydrogens (tertiary/aromatic N) is 1. The summed E-state index contributed by atoms with van der Waals surface area (Å²) >= 11 is 3.36. The van der Waals surface area contributed by atoms with Gasteiger partial charge in [0.2, 0.25) is 11.8 Å². The minimum atomic E-state index is -0.0484. The molecule has 1 aliphatic carbocycles. The second-order valence-corrected chi connectivity index (χ2v) is 5.63. The van der Waals surface area contributed by atoms with Crippen LogP contribution in [0.4, 0.5) is 0 Å². The molecule has 90 valence electrons. The zero-order chi connectivity index (χ0) is 11.5. The lowest BCUT2D eigenvalue weighted by Crippen LogP contribution is -2.43. The summed E-state index contributed by atoms with van der Waals surface area (Å²) in [6.45, 7) is 1.34. The molecule has 5 heteroatoms. The van der Waals surface area contributed by atoms with Crippen LogP contribution >= 0.6 is 15.9 Å². The van der Waals surface area contributed by atoms with Gasteiger partial charge in [0.25, 0.3) is 0 Å². The predicted molar refractivity (Wildman–Crippen MR) is 64.3 cm³/mol. The molecule has 0 aromatic rings. The topological polar surface area (TPSA) is 49.4 Å². The average molecular weight is 289 g/mol. The first kappa shape index (κ1) is 11.9. The molecule has 0 radical (unpaired) electrons. The first-order valence-corrected chi connectivity index (χ1v) is 6.80. The van der Waals surface area contributed by atoms with Crippen molar-refractivity contribution >= 4 is 27.7 Å². The first-order chi connectivity index (χ1) is 7.66. The molecular weight excluding hydrogens is 272 g/mol. The van der Waals surface area contributed by atoms with Crippen molar-refractivity contribution in [2.75, 3.05) is 13.1 Å². The van der Waals surface area contributed by atoms with Gasteiger partial charge in [0.1, 0.15) is 0 Å². The van der Waals surface area contributed by atoms with Gasteiger partial charge in [-0.1, -0.05) is 15.9 Å². The number of carbonyl (C=O) groups is 2. The Morgan fingerprint density at radius 1 is 1.44 bits per heavy atom. The van der Waals surface area contributed by atoms with Crippen molar-refractivity contribution in [3.8, 4) is 0 Å². The zero-order valence-electron chi connectivity index (χ0n) is 9.25. The van der Waals surface area contributed by atoms with Crippen LogP contribution in [0.1, 0.15) is 32.1 Å². The maximum Gasteiger partial charge on any atom is 0.236 e. The Balaban J connectivity index is 1.71. The average Bonchev–Trinajstić information content (AvgIpc) is 3.04. The predicted octanol–water partition coefficient (Wildman–Crippen LogP) is 1.04. The fourth-order valence-corrected chi connectivity index (χ4v) is 2.49. The highest BCUT2D eigenvalue weighted by molar-refractivity contribution is 9.10. The third-order valence-corrected chi connectivity index (χ3v) is 3.87. The highest BCUT2D eigenvalue weighted by atomic mass is 79.9. The molecular formula is C11H17BrN2O2. The number of likely N-dealkylation sites (tertiary alicyclic amines) is 1. The van der Waals surface area contributed by atoms with Crippen molar-refractivity contribution in [2.45, 2.75) is 43.0 Å². The van der Waals surface area contributed by atoms with Gasteiger partial charge in [-0.25, -0.2) is 0 Å². The number of hydrogen-bond donors (Lipinski definition) is 1. The molecule has 16 heavy (non-hydrogen) atoms. The van der Waals surface area contributed by atoms with Crippen molar-refractivity contribution in [2.24, 2.45) is 0 Å². The van der Waals surface area contributed by atoms with Crippen LogP contribution in [0.5, 0.6) is 0 Å². The van der Waals surface area contributed by atoms with E-state index in [9.17, 15) is 9.59 Å². The van der Waals surface area contributed by atoms with E-state index >= 15 is 0 Å². The Labute approximate surface area is 104 Å². The van der Waals surface area contributed by atoms with Crippen LogP contribution in [0, 0.1) is 0 Å². The highest BCUT2D eigenvalue weighted by Crippen LogP contribution is 2.20. The Morgan fingerprint density at radius 3 is 2.88 bits per heavy atom. The maximum atomic E-state index is 11.7. The number of carbonyl (C=O) groups excluding carboxylic acids is 2. The summed E-state index contributed by atoms with van der Waals surface area (Å²) in [6, 6.07) is 0.411. The molecule has 1 saturated heterocycles. The lowest BCUT2D eigenvalue weighted by atomic mass is 10.1. The second kappa shape index (κ2) is 5.17. The summed E-state index contributed by atoms with van der Waals surface area (Å²) in [5.41, 5.74) is 0. The number of alkyl halides is 1. The molecule has 2 amide bonds. The molecule has 0 spiro atoms. The van der Waals surface area contributed by atoms with E-state index in [-0.39, 0.29) is 16.6 Å². The fraction of sp³-hybridized carbons (Fsp3) is 0.818. The largest absolute Gasteiger partial charge is 0.353 e. The Hall–Kier alpha value is -0.580. The molecule has 0 aromatic carbocycles. The number of amides is 2. The lowest BCUT2D eigenvalue weighted by molar-refractivity contribution is -0.133. The van der Waals surface area contributed by atoms with Crippen molar-refractivity contribution in [3.63, 3.8) is 0 Å². The third kappa shape index (κ3) is 3.20. The molecule has 1 saturated carbocycles. The molecule has 4 nitrogen and oxygen atoms in total. The van der Waals surface area contributed by atoms with E-state index < -0.39 is 0 Å². The molecule has 0 aromatic heterocycles. The van der Waals surface area contributed by atoms with E-state index in [1.54, 1.807) is 4.90 Å². The highest BCUT2D eigenvalue weighted by Gasteiger charge is 2.27. The molecule has 1 aliphatic heterocycles. The van der Waals surface area contributed by atoms with Gasteiger partial charge < -0.3 is 10.2 Å². The van der Waals surface area contributed by atoms with Crippen molar-refractivity contribution in [1.29, 1.82) is 0 Å². The van der Waals surface area contributed by atoms with Crippen LogP contribution in [0.15, 0.2) is 0 Å². The van der Waals surface area contributed by atoms with E-state index in [0.29, 0.717) is 19.0 Å². The Kier molecular flexibility index (Phi) is 3.84. The molecule has 0 bridgehead atoms. The van der Waals surface area contributed by atoms with E-state index in [4.69, 9.17) is 0 Å². The number of nitrogens with one attached hydrogen (secondary N) is 1. The van der Waals surface area contributed by atoms with E-state index in [0.717, 1.165) is 32.2 Å².